The predicted molar refractivity (Wildman–Crippen MR) is 96.5 cm³/mol. The standard InChI is InChI=1S/C18H18F2N6/c19-10-5-9(6-11(20)7-10)8-23-16-13-4-2-1-3-12(13)14-15(21)24-18(22)26-17(14)25-16/h5-7H,1-4,8H2,(H5,21,22,23,24,25,26). The molecule has 0 fully saturated rings. The second kappa shape index (κ2) is 6.36. The van der Waals surface area contributed by atoms with E-state index in [1.54, 1.807) is 0 Å². The van der Waals surface area contributed by atoms with E-state index in [2.05, 4.69) is 20.3 Å². The van der Waals surface area contributed by atoms with Crippen molar-refractivity contribution in [1.29, 1.82) is 0 Å². The molecule has 6 nitrogen and oxygen atoms in total. The van der Waals surface area contributed by atoms with E-state index >= 15 is 0 Å². The molecule has 0 radical (unpaired) electrons. The fourth-order valence-corrected chi connectivity index (χ4v) is 3.51. The van der Waals surface area contributed by atoms with Gasteiger partial charge in [-0.3, -0.25) is 0 Å². The molecule has 2 heterocycles. The number of aryl methyl sites for hydroxylation is 1. The van der Waals surface area contributed by atoms with Gasteiger partial charge in [0.2, 0.25) is 5.95 Å². The average molecular weight is 356 g/mol. The molecule has 2 aromatic heterocycles. The van der Waals surface area contributed by atoms with Crippen LogP contribution < -0.4 is 16.8 Å². The predicted octanol–water partition coefficient (Wildman–Crippen LogP) is 2.96. The van der Waals surface area contributed by atoms with Crippen LogP contribution in [0.3, 0.4) is 0 Å². The molecular formula is C18H18F2N6. The number of benzene rings is 1. The van der Waals surface area contributed by atoms with Gasteiger partial charge in [-0.15, -0.1) is 0 Å². The molecule has 0 aliphatic heterocycles. The Kier molecular flexibility index (Phi) is 4.02. The SMILES string of the molecule is Nc1nc(N)c2c3c(c(NCc4cc(F)cc(F)c4)nc2n1)CCCC3. The summed E-state index contributed by atoms with van der Waals surface area (Å²) >= 11 is 0. The third kappa shape index (κ3) is 2.98. The van der Waals surface area contributed by atoms with Crippen LogP contribution >= 0.6 is 0 Å². The van der Waals surface area contributed by atoms with Gasteiger partial charge in [0.15, 0.2) is 5.65 Å². The second-order valence-electron chi connectivity index (χ2n) is 6.42. The molecule has 0 bridgehead atoms. The lowest BCUT2D eigenvalue weighted by Crippen LogP contribution is -2.14. The van der Waals surface area contributed by atoms with Gasteiger partial charge < -0.3 is 16.8 Å². The number of pyridine rings is 1. The first kappa shape index (κ1) is 16.4. The van der Waals surface area contributed by atoms with Crippen molar-refractivity contribution in [3.05, 3.63) is 46.5 Å². The van der Waals surface area contributed by atoms with E-state index in [9.17, 15) is 8.78 Å². The van der Waals surface area contributed by atoms with Gasteiger partial charge in [-0.05, 0) is 54.5 Å². The normalized spacial score (nSPS) is 13.6. The van der Waals surface area contributed by atoms with Crippen molar-refractivity contribution in [2.45, 2.75) is 32.2 Å². The number of nitrogens with zero attached hydrogens (tertiary/aromatic N) is 3. The van der Waals surface area contributed by atoms with Crippen LogP contribution in [-0.4, -0.2) is 15.0 Å². The maximum atomic E-state index is 13.4. The highest BCUT2D eigenvalue weighted by molar-refractivity contribution is 5.92. The minimum absolute atomic E-state index is 0.0661. The van der Waals surface area contributed by atoms with Gasteiger partial charge in [0.1, 0.15) is 23.3 Å². The number of hydrogen-bond donors (Lipinski definition) is 3. The third-order valence-electron chi connectivity index (χ3n) is 4.59. The molecule has 26 heavy (non-hydrogen) atoms. The Morgan fingerprint density at radius 2 is 1.62 bits per heavy atom. The minimum atomic E-state index is -0.608. The Balaban J connectivity index is 1.77. The molecule has 8 heteroatoms. The Morgan fingerprint density at radius 1 is 0.923 bits per heavy atom. The number of nitrogen functional groups attached to an aromatic ring is 2. The number of rotatable bonds is 3. The lowest BCUT2D eigenvalue weighted by Gasteiger charge is -2.22. The van der Waals surface area contributed by atoms with E-state index in [1.807, 2.05) is 0 Å². The number of nitrogens with one attached hydrogen (secondary N) is 1. The summed E-state index contributed by atoms with van der Waals surface area (Å²) in [6.45, 7) is 0.246. The molecule has 3 aromatic rings. The summed E-state index contributed by atoms with van der Waals surface area (Å²) < 4.78 is 26.8. The first-order valence-corrected chi connectivity index (χ1v) is 8.44. The molecule has 1 aromatic carbocycles. The number of hydrogen-bond acceptors (Lipinski definition) is 6. The van der Waals surface area contributed by atoms with Gasteiger partial charge in [0.25, 0.3) is 0 Å². The maximum Gasteiger partial charge on any atom is 0.224 e. The first-order chi connectivity index (χ1) is 12.5. The van der Waals surface area contributed by atoms with Gasteiger partial charge in [-0.25, -0.2) is 13.8 Å². The number of nitrogens with two attached hydrogens (primary N) is 2. The number of fused-ring (bicyclic) bond motifs is 3. The van der Waals surface area contributed by atoms with Crippen molar-refractivity contribution < 1.29 is 8.78 Å². The summed E-state index contributed by atoms with van der Waals surface area (Å²) in [4.78, 5) is 12.8. The largest absolute Gasteiger partial charge is 0.383 e. The van der Waals surface area contributed by atoms with Gasteiger partial charge in [0.05, 0.1) is 5.39 Å². The van der Waals surface area contributed by atoms with Crippen molar-refractivity contribution in [2.75, 3.05) is 16.8 Å². The zero-order valence-corrected chi connectivity index (χ0v) is 14.0. The summed E-state index contributed by atoms with van der Waals surface area (Å²) in [7, 11) is 0. The van der Waals surface area contributed by atoms with Crippen molar-refractivity contribution in [3.8, 4) is 0 Å². The quantitative estimate of drug-likeness (QED) is 0.667. The van der Waals surface area contributed by atoms with E-state index < -0.39 is 11.6 Å². The number of halogens is 2. The fourth-order valence-electron chi connectivity index (χ4n) is 3.51. The Labute approximate surface area is 148 Å². The number of anilines is 3. The fraction of sp³-hybridized carbons (Fsp3) is 0.278. The van der Waals surface area contributed by atoms with Crippen LogP contribution in [0.25, 0.3) is 11.0 Å². The van der Waals surface area contributed by atoms with E-state index in [0.29, 0.717) is 22.8 Å². The smallest absolute Gasteiger partial charge is 0.224 e. The minimum Gasteiger partial charge on any atom is -0.383 e. The molecule has 5 N–H and O–H groups in total. The van der Waals surface area contributed by atoms with Crippen LogP contribution in [0.2, 0.25) is 0 Å². The highest BCUT2D eigenvalue weighted by atomic mass is 19.1. The first-order valence-electron chi connectivity index (χ1n) is 8.44. The average Bonchev–Trinajstić information content (AvgIpc) is 2.58. The summed E-state index contributed by atoms with van der Waals surface area (Å²) in [5.41, 5.74) is 14.8. The van der Waals surface area contributed by atoms with Crippen molar-refractivity contribution >= 4 is 28.6 Å². The van der Waals surface area contributed by atoms with Crippen LogP contribution in [0.1, 0.15) is 29.5 Å². The number of aromatic nitrogens is 3. The Bertz CT molecular complexity index is 985. The van der Waals surface area contributed by atoms with Crippen LogP contribution in [-0.2, 0) is 19.4 Å². The van der Waals surface area contributed by atoms with E-state index in [0.717, 1.165) is 48.3 Å². The summed E-state index contributed by atoms with van der Waals surface area (Å²) in [5, 5.41) is 3.93. The maximum absolute atomic E-state index is 13.4. The zero-order valence-electron chi connectivity index (χ0n) is 14.0. The lowest BCUT2D eigenvalue weighted by atomic mass is 9.90. The molecule has 0 spiro atoms. The zero-order chi connectivity index (χ0) is 18.3. The van der Waals surface area contributed by atoms with Gasteiger partial charge in [0, 0.05) is 12.6 Å². The Morgan fingerprint density at radius 3 is 2.35 bits per heavy atom. The monoisotopic (exact) mass is 356 g/mol. The summed E-state index contributed by atoms with van der Waals surface area (Å²) in [6.07, 6.45) is 3.79. The topological polar surface area (TPSA) is 103 Å². The lowest BCUT2D eigenvalue weighted by molar-refractivity contribution is 0.580. The molecule has 0 saturated carbocycles. The third-order valence-corrected chi connectivity index (χ3v) is 4.59. The van der Waals surface area contributed by atoms with Crippen LogP contribution in [0, 0.1) is 11.6 Å². The molecule has 134 valence electrons. The van der Waals surface area contributed by atoms with Crippen molar-refractivity contribution in [1.82, 2.24) is 15.0 Å². The summed E-state index contributed by atoms with van der Waals surface area (Å²) in [5.74, 6) is -0.171. The van der Waals surface area contributed by atoms with Gasteiger partial charge in [-0.1, -0.05) is 0 Å². The van der Waals surface area contributed by atoms with E-state index in [4.69, 9.17) is 11.5 Å². The van der Waals surface area contributed by atoms with Crippen LogP contribution in [0.15, 0.2) is 18.2 Å². The van der Waals surface area contributed by atoms with Crippen LogP contribution in [0.4, 0.5) is 26.4 Å². The molecule has 1 aliphatic carbocycles. The van der Waals surface area contributed by atoms with Gasteiger partial charge in [-0.2, -0.15) is 9.97 Å². The molecule has 0 atom stereocenters. The molecular weight excluding hydrogens is 338 g/mol. The Hall–Kier alpha value is -3.03. The molecule has 0 unspecified atom stereocenters. The molecule has 1 aliphatic rings. The molecule has 0 saturated heterocycles. The highest BCUT2D eigenvalue weighted by Crippen LogP contribution is 2.34. The van der Waals surface area contributed by atoms with E-state index in [1.165, 1.54) is 12.1 Å². The summed E-state index contributed by atoms with van der Waals surface area (Å²) in [6, 6.07) is 3.44. The molecule has 4 rings (SSSR count). The highest BCUT2D eigenvalue weighted by Gasteiger charge is 2.21. The van der Waals surface area contributed by atoms with Crippen molar-refractivity contribution in [3.63, 3.8) is 0 Å². The van der Waals surface area contributed by atoms with Crippen molar-refractivity contribution in [2.24, 2.45) is 0 Å². The van der Waals surface area contributed by atoms with E-state index in [-0.39, 0.29) is 12.5 Å². The molecule has 0 amide bonds. The van der Waals surface area contributed by atoms with Gasteiger partial charge >= 0.3 is 0 Å². The second-order valence-corrected chi connectivity index (χ2v) is 6.42. The van der Waals surface area contributed by atoms with Crippen LogP contribution in [0.5, 0.6) is 0 Å².